The topological polar surface area (TPSA) is 36.5 Å². The maximum Gasteiger partial charge on any atom is 0.166 e. The Bertz CT molecular complexity index is 577. The van der Waals surface area contributed by atoms with E-state index in [0.717, 1.165) is 37.0 Å². The van der Waals surface area contributed by atoms with Crippen LogP contribution in [0.3, 0.4) is 0 Å². The smallest absolute Gasteiger partial charge is 0.166 e. The van der Waals surface area contributed by atoms with E-state index in [0.29, 0.717) is 18.5 Å². The van der Waals surface area contributed by atoms with Crippen molar-refractivity contribution in [3.63, 3.8) is 0 Å². The summed E-state index contributed by atoms with van der Waals surface area (Å²) in [5.74, 6) is 0.460. The van der Waals surface area contributed by atoms with Gasteiger partial charge >= 0.3 is 0 Å². The number of hydrogen-bond donors (Lipinski definition) is 2. The van der Waals surface area contributed by atoms with Crippen LogP contribution in [0.4, 0.5) is 4.39 Å². The minimum Gasteiger partial charge on any atom is -0.379 e. The molecule has 1 aromatic rings. The van der Waals surface area contributed by atoms with Gasteiger partial charge in [-0.3, -0.25) is 4.90 Å². The fourth-order valence-corrected chi connectivity index (χ4v) is 4.21. The lowest BCUT2D eigenvalue weighted by atomic mass is 9.86. The van der Waals surface area contributed by atoms with Crippen molar-refractivity contribution in [2.75, 3.05) is 32.8 Å². The monoisotopic (exact) mass is 379 g/mol. The molecule has 6 heteroatoms. The normalized spacial score (nSPS) is 25.5. The first-order valence-electron chi connectivity index (χ1n) is 9.75. The molecule has 1 aromatic carbocycles. The van der Waals surface area contributed by atoms with Gasteiger partial charge in [0.2, 0.25) is 0 Å². The quantitative estimate of drug-likeness (QED) is 0.768. The maximum absolute atomic E-state index is 13.3. The zero-order chi connectivity index (χ0) is 18.4. The summed E-state index contributed by atoms with van der Waals surface area (Å²) >= 11 is 5.55. The fraction of sp³-hybridized carbons (Fsp3) is 0.650. The van der Waals surface area contributed by atoms with Crippen LogP contribution >= 0.6 is 12.2 Å². The van der Waals surface area contributed by atoms with Gasteiger partial charge in [-0.25, -0.2) is 4.39 Å². The SMILES string of the molecule is CC1CCCCC1NC(=S)NCC(c1ccc(F)cc1)N1CCOCC1. The summed E-state index contributed by atoms with van der Waals surface area (Å²) in [6, 6.07) is 7.43. The molecule has 0 amide bonds. The summed E-state index contributed by atoms with van der Waals surface area (Å²) in [4.78, 5) is 2.38. The Labute approximate surface area is 161 Å². The molecule has 4 nitrogen and oxygen atoms in total. The second-order valence-electron chi connectivity index (χ2n) is 7.44. The molecular weight excluding hydrogens is 349 g/mol. The number of thiocarbonyl (C=S) groups is 1. The molecule has 1 saturated carbocycles. The van der Waals surface area contributed by atoms with Crippen molar-refractivity contribution < 1.29 is 9.13 Å². The lowest BCUT2D eigenvalue weighted by molar-refractivity contribution is 0.0170. The highest BCUT2D eigenvalue weighted by atomic mass is 32.1. The number of halogens is 1. The molecule has 26 heavy (non-hydrogen) atoms. The average molecular weight is 380 g/mol. The molecule has 0 aromatic heterocycles. The van der Waals surface area contributed by atoms with E-state index in [4.69, 9.17) is 17.0 Å². The predicted octanol–water partition coefficient (Wildman–Crippen LogP) is 3.24. The van der Waals surface area contributed by atoms with E-state index in [1.54, 1.807) is 0 Å². The van der Waals surface area contributed by atoms with Crippen LogP contribution < -0.4 is 10.6 Å². The van der Waals surface area contributed by atoms with Crippen LogP contribution in [-0.2, 0) is 4.74 Å². The van der Waals surface area contributed by atoms with Crippen molar-refractivity contribution in [1.82, 2.24) is 15.5 Å². The van der Waals surface area contributed by atoms with Gasteiger partial charge in [0.25, 0.3) is 0 Å². The third-order valence-corrected chi connectivity index (χ3v) is 5.89. The molecule has 3 rings (SSSR count). The van der Waals surface area contributed by atoms with Gasteiger partial charge in [-0.15, -0.1) is 0 Å². The third kappa shape index (κ3) is 5.38. The van der Waals surface area contributed by atoms with Gasteiger partial charge in [0, 0.05) is 25.7 Å². The van der Waals surface area contributed by atoms with Crippen molar-refractivity contribution in [1.29, 1.82) is 0 Å². The molecule has 144 valence electrons. The van der Waals surface area contributed by atoms with Gasteiger partial charge in [0.05, 0.1) is 19.3 Å². The molecule has 0 bridgehead atoms. The molecule has 3 atom stereocenters. The summed E-state index contributed by atoms with van der Waals surface area (Å²) in [5.41, 5.74) is 1.11. The zero-order valence-corrected chi connectivity index (χ0v) is 16.4. The summed E-state index contributed by atoms with van der Waals surface area (Å²) in [6.45, 7) is 6.24. The highest BCUT2D eigenvalue weighted by Crippen LogP contribution is 2.24. The van der Waals surface area contributed by atoms with E-state index in [1.165, 1.54) is 37.8 Å². The lowest BCUT2D eigenvalue weighted by Crippen LogP contribution is -2.49. The standard InChI is InChI=1S/C20H30FN3OS/c1-15-4-2-3-5-18(15)23-20(26)22-14-19(24-10-12-25-13-11-24)16-6-8-17(21)9-7-16/h6-9,15,18-19H,2-5,10-14H2,1H3,(H2,22,23,26). The van der Waals surface area contributed by atoms with E-state index in [9.17, 15) is 4.39 Å². The Morgan fingerprint density at radius 3 is 2.62 bits per heavy atom. The second kappa shape index (κ2) is 9.62. The molecule has 1 heterocycles. The van der Waals surface area contributed by atoms with E-state index in [1.807, 2.05) is 12.1 Å². The van der Waals surface area contributed by atoms with Crippen LogP contribution in [0.2, 0.25) is 0 Å². The van der Waals surface area contributed by atoms with Crippen molar-refractivity contribution in [3.8, 4) is 0 Å². The predicted molar refractivity (Wildman–Crippen MR) is 107 cm³/mol. The fourth-order valence-electron chi connectivity index (χ4n) is 3.97. The van der Waals surface area contributed by atoms with Crippen molar-refractivity contribution in [2.45, 2.75) is 44.7 Å². The molecule has 1 saturated heterocycles. The third-order valence-electron chi connectivity index (χ3n) is 5.63. The van der Waals surface area contributed by atoms with Crippen LogP contribution in [0.15, 0.2) is 24.3 Å². The van der Waals surface area contributed by atoms with Crippen LogP contribution in [0.5, 0.6) is 0 Å². The first-order valence-corrected chi connectivity index (χ1v) is 10.2. The summed E-state index contributed by atoms with van der Waals surface area (Å²) < 4.78 is 18.8. The Hall–Kier alpha value is -1.24. The number of rotatable bonds is 5. The number of ether oxygens (including phenoxy) is 1. The van der Waals surface area contributed by atoms with Gasteiger partial charge in [-0.2, -0.15) is 0 Å². The van der Waals surface area contributed by atoms with Crippen LogP contribution in [-0.4, -0.2) is 48.9 Å². The number of benzene rings is 1. The summed E-state index contributed by atoms with van der Waals surface area (Å²) in [5, 5.41) is 7.64. The van der Waals surface area contributed by atoms with Gasteiger partial charge in [0.1, 0.15) is 5.82 Å². The number of hydrogen-bond acceptors (Lipinski definition) is 3. The molecule has 2 fully saturated rings. The van der Waals surface area contributed by atoms with Crippen LogP contribution in [0, 0.1) is 11.7 Å². The van der Waals surface area contributed by atoms with E-state index in [2.05, 4.69) is 22.5 Å². The molecule has 1 aliphatic carbocycles. The van der Waals surface area contributed by atoms with E-state index < -0.39 is 0 Å². The summed E-state index contributed by atoms with van der Waals surface area (Å²) in [7, 11) is 0. The highest BCUT2D eigenvalue weighted by molar-refractivity contribution is 7.80. The Morgan fingerprint density at radius 2 is 1.92 bits per heavy atom. The van der Waals surface area contributed by atoms with Crippen molar-refractivity contribution in [3.05, 3.63) is 35.6 Å². The molecule has 0 spiro atoms. The van der Waals surface area contributed by atoms with Crippen molar-refractivity contribution >= 4 is 17.3 Å². The Morgan fingerprint density at radius 1 is 1.23 bits per heavy atom. The maximum atomic E-state index is 13.3. The lowest BCUT2D eigenvalue weighted by Gasteiger charge is -2.36. The molecule has 1 aliphatic heterocycles. The van der Waals surface area contributed by atoms with Gasteiger partial charge in [-0.05, 0) is 48.7 Å². The first kappa shape index (κ1) is 19.5. The van der Waals surface area contributed by atoms with Crippen LogP contribution in [0.25, 0.3) is 0 Å². The van der Waals surface area contributed by atoms with Gasteiger partial charge < -0.3 is 15.4 Å². The van der Waals surface area contributed by atoms with Gasteiger partial charge in [-0.1, -0.05) is 31.9 Å². The number of morpholine rings is 1. The first-order chi connectivity index (χ1) is 12.6. The number of nitrogens with zero attached hydrogens (tertiary/aromatic N) is 1. The van der Waals surface area contributed by atoms with E-state index in [-0.39, 0.29) is 11.9 Å². The minimum atomic E-state index is -0.203. The largest absolute Gasteiger partial charge is 0.379 e. The van der Waals surface area contributed by atoms with Crippen LogP contribution in [0.1, 0.15) is 44.2 Å². The summed E-state index contributed by atoms with van der Waals surface area (Å²) in [6.07, 6.45) is 5.06. The average Bonchev–Trinajstić information content (AvgIpc) is 2.66. The molecule has 3 unspecified atom stereocenters. The molecule has 2 N–H and O–H groups in total. The number of nitrogens with one attached hydrogen (secondary N) is 2. The molecular formula is C20H30FN3OS. The van der Waals surface area contributed by atoms with E-state index >= 15 is 0 Å². The second-order valence-corrected chi connectivity index (χ2v) is 7.85. The van der Waals surface area contributed by atoms with Crippen molar-refractivity contribution in [2.24, 2.45) is 5.92 Å². The Kier molecular flexibility index (Phi) is 7.23. The minimum absolute atomic E-state index is 0.156. The Balaban J connectivity index is 1.59. The highest BCUT2D eigenvalue weighted by Gasteiger charge is 2.24. The molecule has 2 aliphatic rings. The molecule has 0 radical (unpaired) electrons. The van der Waals surface area contributed by atoms with Gasteiger partial charge in [0.15, 0.2) is 5.11 Å². The zero-order valence-electron chi connectivity index (χ0n) is 15.5.